The van der Waals surface area contributed by atoms with Crippen LogP contribution < -0.4 is 15.2 Å². The number of hydrogen-bond acceptors (Lipinski definition) is 7. The highest BCUT2D eigenvalue weighted by Crippen LogP contribution is 2.39. The van der Waals surface area contributed by atoms with Gasteiger partial charge in [-0.1, -0.05) is 11.8 Å². The SMILES string of the molecule is Nc1ccc([N+](=O)[O-])c(Sc2ccc3c(c2)OCCO3)n1. The second kappa shape index (κ2) is 5.49. The van der Waals surface area contributed by atoms with E-state index in [9.17, 15) is 10.1 Å². The molecule has 0 unspecified atom stereocenters. The summed E-state index contributed by atoms with van der Waals surface area (Å²) < 4.78 is 10.9. The van der Waals surface area contributed by atoms with Gasteiger partial charge in [-0.3, -0.25) is 10.1 Å². The van der Waals surface area contributed by atoms with Crippen molar-refractivity contribution in [1.29, 1.82) is 0 Å². The van der Waals surface area contributed by atoms with Crippen LogP contribution in [0.4, 0.5) is 11.5 Å². The van der Waals surface area contributed by atoms with E-state index in [2.05, 4.69) is 4.98 Å². The fourth-order valence-corrected chi connectivity index (χ4v) is 2.78. The third-order valence-electron chi connectivity index (χ3n) is 2.79. The van der Waals surface area contributed by atoms with Crippen molar-refractivity contribution in [3.05, 3.63) is 40.4 Å². The predicted molar refractivity (Wildman–Crippen MR) is 76.9 cm³/mol. The Morgan fingerprint density at radius 3 is 2.71 bits per heavy atom. The third-order valence-corrected chi connectivity index (χ3v) is 3.77. The maximum atomic E-state index is 11.0. The first-order valence-electron chi connectivity index (χ1n) is 6.12. The van der Waals surface area contributed by atoms with E-state index in [1.165, 1.54) is 12.1 Å². The van der Waals surface area contributed by atoms with Crippen molar-refractivity contribution in [2.45, 2.75) is 9.92 Å². The van der Waals surface area contributed by atoms with Crippen LogP contribution in [0.3, 0.4) is 0 Å². The van der Waals surface area contributed by atoms with Gasteiger partial charge in [-0.15, -0.1) is 0 Å². The number of fused-ring (bicyclic) bond motifs is 1. The zero-order valence-corrected chi connectivity index (χ0v) is 11.6. The van der Waals surface area contributed by atoms with E-state index in [4.69, 9.17) is 15.2 Å². The molecule has 21 heavy (non-hydrogen) atoms. The van der Waals surface area contributed by atoms with Crippen LogP contribution in [-0.4, -0.2) is 23.1 Å². The molecule has 0 fully saturated rings. The van der Waals surface area contributed by atoms with Crippen LogP contribution in [0.15, 0.2) is 40.3 Å². The van der Waals surface area contributed by atoms with E-state index in [-0.39, 0.29) is 16.5 Å². The van der Waals surface area contributed by atoms with Gasteiger partial charge in [0.15, 0.2) is 16.5 Å². The summed E-state index contributed by atoms with van der Waals surface area (Å²) in [6, 6.07) is 8.10. The number of nitrogen functional groups attached to an aromatic ring is 1. The predicted octanol–water partition coefficient (Wildman–Crippen LogP) is 2.49. The van der Waals surface area contributed by atoms with Crippen LogP contribution in [-0.2, 0) is 0 Å². The van der Waals surface area contributed by atoms with Crippen LogP contribution in [0.25, 0.3) is 0 Å². The van der Waals surface area contributed by atoms with E-state index in [0.717, 1.165) is 16.7 Å². The standard InChI is InChI=1S/C13H11N3O4S/c14-12-4-2-9(16(17)18)13(15-12)21-8-1-3-10-11(7-8)20-6-5-19-10/h1-4,7H,5-6H2,(H2,14,15). The topological polar surface area (TPSA) is 101 Å². The molecule has 0 spiro atoms. The van der Waals surface area contributed by atoms with Crippen molar-refractivity contribution in [2.75, 3.05) is 18.9 Å². The zero-order chi connectivity index (χ0) is 14.8. The average molecular weight is 305 g/mol. The number of ether oxygens (including phenoxy) is 2. The van der Waals surface area contributed by atoms with Gasteiger partial charge in [0.05, 0.1) is 4.92 Å². The molecule has 7 nitrogen and oxygen atoms in total. The van der Waals surface area contributed by atoms with Crippen LogP contribution >= 0.6 is 11.8 Å². The minimum Gasteiger partial charge on any atom is -0.486 e. The smallest absolute Gasteiger partial charge is 0.301 e. The van der Waals surface area contributed by atoms with Crippen molar-refractivity contribution in [3.8, 4) is 11.5 Å². The number of anilines is 1. The molecule has 2 aromatic rings. The van der Waals surface area contributed by atoms with E-state index >= 15 is 0 Å². The summed E-state index contributed by atoms with van der Waals surface area (Å²) >= 11 is 1.16. The molecule has 2 N–H and O–H groups in total. The summed E-state index contributed by atoms with van der Waals surface area (Å²) in [7, 11) is 0. The Kier molecular flexibility index (Phi) is 3.53. The Morgan fingerprint density at radius 1 is 1.19 bits per heavy atom. The van der Waals surface area contributed by atoms with Gasteiger partial charge in [-0.05, 0) is 24.3 Å². The molecule has 1 aromatic carbocycles. The average Bonchev–Trinajstić information content (AvgIpc) is 2.47. The minimum absolute atomic E-state index is 0.0795. The van der Waals surface area contributed by atoms with Gasteiger partial charge in [0, 0.05) is 11.0 Å². The zero-order valence-electron chi connectivity index (χ0n) is 10.8. The van der Waals surface area contributed by atoms with Crippen molar-refractivity contribution in [3.63, 3.8) is 0 Å². The molecular weight excluding hydrogens is 294 g/mol. The summed E-state index contributed by atoms with van der Waals surface area (Å²) in [6.45, 7) is 1.000. The molecule has 0 saturated heterocycles. The van der Waals surface area contributed by atoms with Gasteiger partial charge >= 0.3 is 5.69 Å². The molecule has 3 rings (SSSR count). The van der Waals surface area contributed by atoms with E-state index in [0.29, 0.717) is 24.7 Å². The largest absolute Gasteiger partial charge is 0.486 e. The molecule has 108 valence electrons. The molecule has 1 aromatic heterocycles. The Labute approximate surface area is 124 Å². The van der Waals surface area contributed by atoms with Crippen LogP contribution in [0, 0.1) is 10.1 Å². The number of hydrogen-bond donors (Lipinski definition) is 1. The van der Waals surface area contributed by atoms with E-state index < -0.39 is 4.92 Å². The normalized spacial score (nSPS) is 13.0. The molecule has 0 radical (unpaired) electrons. The summed E-state index contributed by atoms with van der Waals surface area (Å²) in [4.78, 5) is 15.3. The maximum Gasteiger partial charge on any atom is 0.301 e. The van der Waals surface area contributed by atoms with Crippen LogP contribution in [0.5, 0.6) is 11.5 Å². The molecule has 0 saturated carbocycles. The first kappa shape index (κ1) is 13.5. The molecule has 8 heteroatoms. The maximum absolute atomic E-state index is 11.0. The van der Waals surface area contributed by atoms with Gasteiger partial charge in [0.2, 0.25) is 0 Å². The van der Waals surface area contributed by atoms with Gasteiger partial charge < -0.3 is 15.2 Å². The van der Waals surface area contributed by atoms with Crippen molar-refractivity contribution in [1.82, 2.24) is 4.98 Å². The lowest BCUT2D eigenvalue weighted by molar-refractivity contribution is -0.388. The highest BCUT2D eigenvalue weighted by Gasteiger charge is 2.18. The van der Waals surface area contributed by atoms with Gasteiger partial charge in [-0.2, -0.15) is 0 Å². The summed E-state index contributed by atoms with van der Waals surface area (Å²) in [5.41, 5.74) is 5.52. The molecule has 1 aliphatic heterocycles. The Hall–Kier alpha value is -2.48. The second-order valence-electron chi connectivity index (χ2n) is 4.23. The molecule has 0 aliphatic carbocycles. The second-order valence-corrected chi connectivity index (χ2v) is 5.29. The number of rotatable bonds is 3. The van der Waals surface area contributed by atoms with E-state index in [1.807, 2.05) is 0 Å². The van der Waals surface area contributed by atoms with Crippen LogP contribution in [0.2, 0.25) is 0 Å². The first-order chi connectivity index (χ1) is 10.1. The highest BCUT2D eigenvalue weighted by molar-refractivity contribution is 7.99. The minimum atomic E-state index is -0.479. The van der Waals surface area contributed by atoms with Crippen molar-refractivity contribution < 1.29 is 14.4 Å². The molecule has 0 atom stereocenters. The Bertz CT molecular complexity index is 708. The quantitative estimate of drug-likeness (QED) is 0.686. The van der Waals surface area contributed by atoms with Crippen molar-refractivity contribution in [2.24, 2.45) is 0 Å². The highest BCUT2D eigenvalue weighted by atomic mass is 32.2. The van der Waals surface area contributed by atoms with Gasteiger partial charge in [0.25, 0.3) is 0 Å². The Morgan fingerprint density at radius 2 is 1.95 bits per heavy atom. The number of pyridine rings is 1. The lowest BCUT2D eigenvalue weighted by Gasteiger charge is -2.18. The number of nitro groups is 1. The summed E-state index contributed by atoms with van der Waals surface area (Å²) in [5.74, 6) is 1.53. The number of benzene rings is 1. The number of nitrogens with zero attached hydrogens (tertiary/aromatic N) is 2. The number of aromatic nitrogens is 1. The molecule has 2 heterocycles. The molecule has 1 aliphatic rings. The molecular formula is C13H11N3O4S. The van der Waals surface area contributed by atoms with Crippen LogP contribution in [0.1, 0.15) is 0 Å². The fraction of sp³-hybridized carbons (Fsp3) is 0.154. The lowest BCUT2D eigenvalue weighted by atomic mass is 10.3. The third kappa shape index (κ3) is 2.84. The first-order valence-corrected chi connectivity index (χ1v) is 6.93. The molecule has 0 bridgehead atoms. The van der Waals surface area contributed by atoms with Gasteiger partial charge in [0.1, 0.15) is 19.0 Å². The molecule has 0 amide bonds. The van der Waals surface area contributed by atoms with Crippen molar-refractivity contribution >= 4 is 23.3 Å². The lowest BCUT2D eigenvalue weighted by Crippen LogP contribution is -2.15. The van der Waals surface area contributed by atoms with Gasteiger partial charge in [-0.25, -0.2) is 4.98 Å². The number of nitrogens with two attached hydrogens (primary N) is 1. The fourth-order valence-electron chi connectivity index (χ4n) is 1.86. The van der Waals surface area contributed by atoms with E-state index in [1.54, 1.807) is 18.2 Å². The summed E-state index contributed by atoms with van der Waals surface area (Å²) in [6.07, 6.45) is 0. The Balaban J connectivity index is 1.93. The summed E-state index contributed by atoms with van der Waals surface area (Å²) in [5, 5.41) is 11.3. The monoisotopic (exact) mass is 305 g/mol.